The number of benzene rings is 1. The van der Waals surface area contributed by atoms with Crippen LogP contribution in [0.25, 0.3) is 0 Å². The van der Waals surface area contributed by atoms with E-state index in [0.29, 0.717) is 11.5 Å². The number of rotatable bonds is 10. The zero-order valence-corrected chi connectivity index (χ0v) is 17.0. The predicted octanol–water partition coefficient (Wildman–Crippen LogP) is 4.44. The average molecular weight is 398 g/mol. The van der Waals surface area contributed by atoms with Gasteiger partial charge in [0.1, 0.15) is 0 Å². The second kappa shape index (κ2) is 10.6. The third-order valence-corrected chi connectivity index (χ3v) is 4.62. The van der Waals surface area contributed by atoms with Crippen LogP contribution in [0, 0.1) is 0 Å². The number of nitrogens with zero attached hydrogens (tertiary/aromatic N) is 1. The fraction of sp³-hybridized carbons (Fsp3) is 0.647. The second-order valence-corrected chi connectivity index (χ2v) is 7.79. The molecule has 0 spiro atoms. The van der Waals surface area contributed by atoms with Crippen LogP contribution in [-0.4, -0.2) is 49.1 Å². The van der Waals surface area contributed by atoms with Crippen molar-refractivity contribution in [2.24, 2.45) is 0 Å². The molecule has 0 unspecified atom stereocenters. The smallest absolute Gasteiger partial charge is 0.209 e. The molecule has 0 bridgehead atoms. The summed E-state index contributed by atoms with van der Waals surface area (Å²) in [7, 11) is 3.18. The number of hydrogen-bond donors (Lipinski definition) is 1. The zero-order chi connectivity index (χ0) is 18.2. The highest BCUT2D eigenvalue weighted by molar-refractivity contribution is 6.68. The molecule has 1 N–H and O–H groups in total. The molecule has 0 aliphatic heterocycles. The van der Waals surface area contributed by atoms with Crippen LogP contribution in [0.2, 0.25) is 0 Å². The molecule has 0 radical (unpaired) electrons. The van der Waals surface area contributed by atoms with Crippen molar-refractivity contribution in [3.8, 4) is 11.5 Å². The van der Waals surface area contributed by atoms with Gasteiger partial charge >= 0.3 is 0 Å². The second-order valence-electron chi connectivity index (χ2n) is 5.42. The van der Waals surface area contributed by atoms with Crippen LogP contribution >= 0.6 is 34.8 Å². The van der Waals surface area contributed by atoms with Gasteiger partial charge in [-0.3, -0.25) is 0 Å². The van der Waals surface area contributed by atoms with Gasteiger partial charge in [0.05, 0.1) is 20.3 Å². The molecule has 1 rings (SSSR count). The molecule has 0 fully saturated rings. The maximum atomic E-state index is 6.18. The number of halogens is 3. The van der Waals surface area contributed by atoms with Crippen LogP contribution in [0.5, 0.6) is 11.5 Å². The van der Waals surface area contributed by atoms with E-state index in [0.717, 1.165) is 38.2 Å². The summed E-state index contributed by atoms with van der Waals surface area (Å²) in [4.78, 5) is 2.36. The van der Waals surface area contributed by atoms with E-state index >= 15 is 0 Å². The first-order valence-corrected chi connectivity index (χ1v) is 9.25. The minimum absolute atomic E-state index is 0.431. The van der Waals surface area contributed by atoms with Crippen molar-refractivity contribution in [3.63, 3.8) is 0 Å². The monoisotopic (exact) mass is 396 g/mol. The molecular weight excluding hydrogens is 371 g/mol. The normalized spacial score (nSPS) is 13.2. The number of alkyl halides is 3. The third kappa shape index (κ3) is 6.49. The number of methoxy groups -OCH3 is 2. The standard InChI is InChI=1S/C17H27Cl3N2O2/c1-5-22(6-2)11-7-10-21-16(17(18,19)20)13-8-9-14(23-3)15(12-13)24-4/h8-9,12,16,21H,5-7,10-11H2,1-4H3/t16-/m0/s1. The Balaban J connectivity index is 2.80. The van der Waals surface area contributed by atoms with Crippen LogP contribution in [-0.2, 0) is 0 Å². The molecule has 0 saturated carbocycles. The van der Waals surface area contributed by atoms with Crippen LogP contribution in [0.4, 0.5) is 0 Å². The molecule has 138 valence electrons. The molecule has 4 nitrogen and oxygen atoms in total. The van der Waals surface area contributed by atoms with Crippen LogP contribution < -0.4 is 14.8 Å². The topological polar surface area (TPSA) is 33.7 Å². The first-order valence-electron chi connectivity index (χ1n) is 8.11. The molecule has 0 heterocycles. The van der Waals surface area contributed by atoms with Crippen LogP contribution in [0.1, 0.15) is 31.9 Å². The SMILES string of the molecule is CCN(CC)CCCN[C@@H](c1ccc(OC)c(OC)c1)C(Cl)(Cl)Cl. The lowest BCUT2D eigenvalue weighted by Crippen LogP contribution is -2.34. The molecule has 24 heavy (non-hydrogen) atoms. The van der Waals surface area contributed by atoms with Crippen molar-refractivity contribution in [1.82, 2.24) is 10.2 Å². The first-order chi connectivity index (χ1) is 11.4. The van der Waals surface area contributed by atoms with E-state index in [1.807, 2.05) is 18.2 Å². The Labute approximate surface area is 160 Å². The van der Waals surface area contributed by atoms with E-state index in [9.17, 15) is 0 Å². The van der Waals surface area contributed by atoms with Crippen LogP contribution in [0.15, 0.2) is 18.2 Å². The lowest BCUT2D eigenvalue weighted by atomic mass is 10.1. The molecule has 0 amide bonds. The maximum absolute atomic E-state index is 6.18. The van der Waals surface area contributed by atoms with E-state index in [1.54, 1.807) is 14.2 Å². The summed E-state index contributed by atoms with van der Waals surface area (Å²) in [5.74, 6) is 1.25. The van der Waals surface area contributed by atoms with E-state index in [1.165, 1.54) is 0 Å². The molecule has 0 aliphatic rings. The molecule has 1 aromatic carbocycles. The van der Waals surface area contributed by atoms with E-state index in [2.05, 4.69) is 24.1 Å². The first kappa shape index (κ1) is 21.7. The number of nitrogens with one attached hydrogen (secondary N) is 1. The maximum Gasteiger partial charge on any atom is 0.209 e. The van der Waals surface area contributed by atoms with Gasteiger partial charge in [-0.1, -0.05) is 54.7 Å². The Bertz CT molecular complexity index is 491. The third-order valence-electron chi connectivity index (χ3n) is 3.96. The average Bonchev–Trinajstić information content (AvgIpc) is 2.56. The molecule has 1 atom stereocenters. The fourth-order valence-electron chi connectivity index (χ4n) is 2.54. The lowest BCUT2D eigenvalue weighted by Gasteiger charge is -2.27. The Morgan fingerprint density at radius 2 is 1.71 bits per heavy atom. The molecule has 0 aliphatic carbocycles. The van der Waals surface area contributed by atoms with Crippen molar-refractivity contribution in [2.45, 2.75) is 30.1 Å². The van der Waals surface area contributed by atoms with Crippen molar-refractivity contribution in [3.05, 3.63) is 23.8 Å². The van der Waals surface area contributed by atoms with E-state index in [-0.39, 0.29) is 0 Å². The Morgan fingerprint density at radius 1 is 1.08 bits per heavy atom. The van der Waals surface area contributed by atoms with Gasteiger partial charge in [-0.15, -0.1) is 0 Å². The van der Waals surface area contributed by atoms with Gasteiger partial charge in [0.15, 0.2) is 11.5 Å². The Hall–Kier alpha value is -0.390. The highest BCUT2D eigenvalue weighted by Gasteiger charge is 2.34. The minimum Gasteiger partial charge on any atom is -0.493 e. The van der Waals surface area contributed by atoms with Gasteiger partial charge in [0.25, 0.3) is 0 Å². The summed E-state index contributed by atoms with van der Waals surface area (Å²) in [6.07, 6.45) is 0.978. The zero-order valence-electron chi connectivity index (χ0n) is 14.7. The van der Waals surface area contributed by atoms with Crippen molar-refractivity contribution < 1.29 is 9.47 Å². The number of hydrogen-bond acceptors (Lipinski definition) is 4. The molecule has 7 heteroatoms. The van der Waals surface area contributed by atoms with E-state index in [4.69, 9.17) is 44.3 Å². The molecular formula is C17H27Cl3N2O2. The van der Waals surface area contributed by atoms with Gasteiger partial charge in [0, 0.05) is 0 Å². The minimum atomic E-state index is -1.46. The fourth-order valence-corrected chi connectivity index (χ4v) is 3.15. The summed E-state index contributed by atoms with van der Waals surface area (Å²) in [5, 5.41) is 3.35. The largest absolute Gasteiger partial charge is 0.493 e. The van der Waals surface area contributed by atoms with Gasteiger partial charge in [0.2, 0.25) is 3.79 Å². The summed E-state index contributed by atoms with van der Waals surface area (Å²) < 4.78 is 9.13. The Kier molecular flexibility index (Phi) is 9.53. The van der Waals surface area contributed by atoms with Gasteiger partial charge in [-0.05, 0) is 50.3 Å². The van der Waals surface area contributed by atoms with Crippen LogP contribution in [0.3, 0.4) is 0 Å². The molecule has 0 aromatic heterocycles. The summed E-state index contributed by atoms with van der Waals surface area (Å²) in [6, 6.07) is 5.10. The van der Waals surface area contributed by atoms with E-state index < -0.39 is 9.83 Å². The van der Waals surface area contributed by atoms with Gasteiger partial charge in [-0.2, -0.15) is 0 Å². The highest BCUT2D eigenvalue weighted by Crippen LogP contribution is 2.41. The summed E-state index contributed by atoms with van der Waals surface area (Å²) in [5.41, 5.74) is 0.843. The highest BCUT2D eigenvalue weighted by atomic mass is 35.6. The van der Waals surface area contributed by atoms with Crippen molar-refractivity contribution >= 4 is 34.8 Å². The molecule has 1 aromatic rings. The van der Waals surface area contributed by atoms with Gasteiger partial charge in [-0.25, -0.2) is 0 Å². The van der Waals surface area contributed by atoms with Gasteiger partial charge < -0.3 is 19.7 Å². The number of ether oxygens (including phenoxy) is 2. The quantitative estimate of drug-likeness (QED) is 0.467. The summed E-state index contributed by atoms with van der Waals surface area (Å²) >= 11 is 18.6. The predicted molar refractivity (Wildman–Crippen MR) is 103 cm³/mol. The molecule has 0 saturated heterocycles. The van der Waals surface area contributed by atoms with Crippen molar-refractivity contribution in [1.29, 1.82) is 0 Å². The summed E-state index contributed by atoms with van der Waals surface area (Å²) in [6.45, 7) is 8.16. The Morgan fingerprint density at radius 3 is 2.21 bits per heavy atom. The lowest BCUT2D eigenvalue weighted by molar-refractivity contribution is 0.295. The van der Waals surface area contributed by atoms with Crippen molar-refractivity contribution in [2.75, 3.05) is 40.4 Å².